The van der Waals surface area contributed by atoms with Gasteiger partial charge < -0.3 is 4.90 Å². The Morgan fingerprint density at radius 3 is 1.87 bits per heavy atom. The van der Waals surface area contributed by atoms with Crippen molar-refractivity contribution >= 4 is 22.7 Å². The molecule has 1 nitrogen and oxygen atoms in total. The van der Waals surface area contributed by atoms with E-state index in [1.807, 2.05) is 11.3 Å². The summed E-state index contributed by atoms with van der Waals surface area (Å²) in [5.74, 6) is 0.465. The van der Waals surface area contributed by atoms with Crippen LogP contribution < -0.4 is 4.90 Å². The Morgan fingerprint density at radius 2 is 1.20 bits per heavy atom. The first kappa shape index (κ1) is 36.8. The predicted octanol–water partition coefficient (Wildman–Crippen LogP) is 15.8. The Balaban J connectivity index is 1.30. The number of allylic oxidation sites excluding steroid dienone is 3. The molecule has 1 aromatic heterocycles. The summed E-state index contributed by atoms with van der Waals surface area (Å²) in [5.41, 5.74) is 16.1. The molecule has 0 radical (unpaired) electrons. The molecule has 8 rings (SSSR count). The van der Waals surface area contributed by atoms with E-state index < -0.39 is 0 Å². The monoisotopic (exact) mass is 729 g/mol. The van der Waals surface area contributed by atoms with E-state index in [4.69, 9.17) is 0 Å². The summed E-state index contributed by atoms with van der Waals surface area (Å²) in [7, 11) is 0. The van der Waals surface area contributed by atoms with Crippen molar-refractivity contribution < 1.29 is 0 Å². The van der Waals surface area contributed by atoms with Gasteiger partial charge in [0.05, 0.1) is 0 Å². The zero-order chi connectivity index (χ0) is 37.1. The van der Waals surface area contributed by atoms with Crippen molar-refractivity contribution in [2.45, 2.75) is 128 Å². The number of benzene rings is 4. The second-order valence-electron chi connectivity index (χ2n) is 16.3. The van der Waals surface area contributed by atoms with Crippen LogP contribution in [0.5, 0.6) is 0 Å². The lowest BCUT2D eigenvalue weighted by molar-refractivity contribution is 0.399. The fraction of sp³-hybridized carbons (Fsp3) is 0.385. The van der Waals surface area contributed by atoms with Crippen LogP contribution >= 0.6 is 11.3 Å². The summed E-state index contributed by atoms with van der Waals surface area (Å²) >= 11 is 1.82. The first-order chi connectivity index (χ1) is 26.6. The molecule has 0 spiro atoms. The van der Waals surface area contributed by atoms with Gasteiger partial charge in [0, 0.05) is 38.7 Å². The van der Waals surface area contributed by atoms with Crippen LogP contribution in [0, 0.1) is 0 Å². The topological polar surface area (TPSA) is 3.24 Å². The molecular formula is C52H59NS. The highest BCUT2D eigenvalue weighted by atomic mass is 32.1. The molecule has 0 bridgehead atoms. The van der Waals surface area contributed by atoms with Crippen LogP contribution in [-0.2, 0) is 10.8 Å². The molecule has 3 aliphatic rings. The number of hydrogen-bond donors (Lipinski definition) is 0. The Kier molecular flexibility index (Phi) is 10.9. The zero-order valence-corrected chi connectivity index (χ0v) is 34.0. The lowest BCUT2D eigenvalue weighted by Crippen LogP contribution is -2.29. The van der Waals surface area contributed by atoms with Gasteiger partial charge in [-0.1, -0.05) is 158 Å². The van der Waals surface area contributed by atoms with Gasteiger partial charge in [-0.15, -0.1) is 11.3 Å². The Labute approximate surface area is 329 Å². The van der Waals surface area contributed by atoms with E-state index in [2.05, 4.69) is 153 Å². The second kappa shape index (κ2) is 15.9. The van der Waals surface area contributed by atoms with E-state index in [1.165, 1.54) is 116 Å². The molecule has 5 aromatic rings. The van der Waals surface area contributed by atoms with Gasteiger partial charge in [-0.3, -0.25) is 0 Å². The minimum absolute atomic E-state index is 0.0513. The highest BCUT2D eigenvalue weighted by Gasteiger charge is 2.48. The van der Waals surface area contributed by atoms with Gasteiger partial charge in [-0.05, 0) is 118 Å². The fourth-order valence-corrected chi connectivity index (χ4v) is 11.2. The smallest absolute Gasteiger partial charge is 0.0464 e. The summed E-state index contributed by atoms with van der Waals surface area (Å²) in [5, 5.41) is 2.18. The molecule has 1 heterocycles. The minimum Gasteiger partial charge on any atom is -0.311 e. The molecule has 0 N–H and O–H groups in total. The van der Waals surface area contributed by atoms with E-state index >= 15 is 0 Å². The standard InChI is InChI=1S/C52H59NS/c1-5-9-31-51(32-10-6-2)46-20-15-13-18-42(46)44-29-27-40(36-48(44)51)53(39-25-23-38(24-26-39)50-22-17-35-54-50)41-28-30-45-43-19-14-16-21-47(43)52(33-11-7-3,34-12-8-4)49(45)37-41/h13-29,35-37,45H,5-12,30-34H2,1-4H3. The van der Waals surface area contributed by atoms with E-state index in [0.29, 0.717) is 5.92 Å². The fourth-order valence-electron chi connectivity index (χ4n) is 10.5. The summed E-state index contributed by atoms with van der Waals surface area (Å²) in [6.45, 7) is 9.43. The van der Waals surface area contributed by atoms with E-state index in [-0.39, 0.29) is 10.8 Å². The predicted molar refractivity (Wildman–Crippen MR) is 234 cm³/mol. The highest BCUT2D eigenvalue weighted by Crippen LogP contribution is 2.59. The molecule has 0 amide bonds. The maximum Gasteiger partial charge on any atom is 0.0464 e. The quantitative estimate of drug-likeness (QED) is 0.0977. The zero-order valence-electron chi connectivity index (χ0n) is 33.2. The Hall–Kier alpha value is -4.14. The first-order valence-electron chi connectivity index (χ1n) is 21.3. The van der Waals surface area contributed by atoms with Crippen LogP contribution in [-0.4, -0.2) is 0 Å². The van der Waals surface area contributed by atoms with Crippen LogP contribution in [0.2, 0.25) is 0 Å². The van der Waals surface area contributed by atoms with Gasteiger partial charge in [0.15, 0.2) is 0 Å². The van der Waals surface area contributed by atoms with Crippen molar-refractivity contribution in [3.8, 4) is 21.6 Å². The van der Waals surface area contributed by atoms with Crippen LogP contribution in [0.3, 0.4) is 0 Å². The molecular weight excluding hydrogens is 671 g/mol. The van der Waals surface area contributed by atoms with E-state index in [0.717, 1.165) is 6.42 Å². The minimum atomic E-state index is 0.0513. The van der Waals surface area contributed by atoms with E-state index in [9.17, 15) is 0 Å². The maximum atomic E-state index is 2.66. The molecule has 278 valence electrons. The molecule has 4 aromatic carbocycles. The number of anilines is 2. The third-order valence-corrected chi connectivity index (χ3v) is 14.1. The van der Waals surface area contributed by atoms with Crippen LogP contribution in [0.25, 0.3) is 21.6 Å². The average Bonchev–Trinajstić information content (AvgIpc) is 3.92. The Morgan fingerprint density at radius 1 is 0.593 bits per heavy atom. The van der Waals surface area contributed by atoms with Crippen LogP contribution in [0.4, 0.5) is 11.4 Å². The summed E-state index contributed by atoms with van der Waals surface area (Å²) < 4.78 is 0. The average molecular weight is 730 g/mol. The SMILES string of the molecule is CCCCC1(CCCC)C2=CC(N(c3ccc(-c4cccs4)cc3)c3ccc4c(c3)C(CCCC)(CCCC)c3ccccc3-4)=CCC2c2ccccc21. The molecule has 3 aliphatic carbocycles. The number of fused-ring (bicyclic) bond motifs is 6. The lowest BCUT2D eigenvalue weighted by Gasteiger charge is -2.38. The van der Waals surface area contributed by atoms with Crippen LogP contribution in [0.15, 0.2) is 132 Å². The number of hydrogen-bond acceptors (Lipinski definition) is 2. The van der Waals surface area contributed by atoms with Crippen molar-refractivity contribution in [2.24, 2.45) is 0 Å². The summed E-state index contributed by atoms with van der Waals surface area (Å²) in [6.07, 6.45) is 21.1. The van der Waals surface area contributed by atoms with Crippen molar-refractivity contribution in [3.63, 3.8) is 0 Å². The van der Waals surface area contributed by atoms with Gasteiger partial charge in [0.25, 0.3) is 0 Å². The van der Waals surface area contributed by atoms with Gasteiger partial charge in [0.1, 0.15) is 0 Å². The maximum absolute atomic E-state index is 2.66. The number of rotatable bonds is 16. The highest BCUT2D eigenvalue weighted by molar-refractivity contribution is 7.13. The molecule has 54 heavy (non-hydrogen) atoms. The van der Waals surface area contributed by atoms with E-state index in [1.54, 1.807) is 27.8 Å². The lowest BCUT2D eigenvalue weighted by atomic mass is 9.69. The molecule has 0 fully saturated rings. The largest absolute Gasteiger partial charge is 0.311 e. The van der Waals surface area contributed by atoms with Gasteiger partial charge in [-0.2, -0.15) is 0 Å². The van der Waals surface area contributed by atoms with Gasteiger partial charge in [-0.25, -0.2) is 0 Å². The molecule has 2 heteroatoms. The number of thiophene rings is 1. The molecule has 1 unspecified atom stereocenters. The summed E-state index contributed by atoms with van der Waals surface area (Å²) in [4.78, 5) is 3.94. The van der Waals surface area contributed by atoms with Crippen molar-refractivity contribution in [3.05, 3.63) is 154 Å². The van der Waals surface area contributed by atoms with Crippen molar-refractivity contribution in [1.82, 2.24) is 0 Å². The third kappa shape index (κ3) is 6.33. The normalized spacial score (nSPS) is 17.3. The van der Waals surface area contributed by atoms with Crippen molar-refractivity contribution in [1.29, 1.82) is 0 Å². The molecule has 1 atom stereocenters. The molecule has 0 saturated carbocycles. The summed E-state index contributed by atoms with van der Waals surface area (Å²) in [6, 6.07) is 40.1. The molecule has 0 aliphatic heterocycles. The second-order valence-corrected chi connectivity index (χ2v) is 17.3. The third-order valence-electron chi connectivity index (χ3n) is 13.2. The van der Waals surface area contributed by atoms with Crippen molar-refractivity contribution in [2.75, 3.05) is 4.90 Å². The number of unbranched alkanes of at least 4 members (excludes halogenated alkanes) is 4. The molecule has 0 saturated heterocycles. The van der Waals surface area contributed by atoms with Gasteiger partial charge >= 0.3 is 0 Å². The number of nitrogens with zero attached hydrogens (tertiary/aromatic N) is 1. The van der Waals surface area contributed by atoms with Crippen LogP contribution in [0.1, 0.15) is 139 Å². The first-order valence-corrected chi connectivity index (χ1v) is 22.2. The Bertz CT molecular complexity index is 2100. The van der Waals surface area contributed by atoms with Gasteiger partial charge in [0.2, 0.25) is 0 Å².